The fraction of sp³-hybridized carbons (Fsp3) is 0.333. The zero-order chi connectivity index (χ0) is 14.8. The van der Waals surface area contributed by atoms with Gasteiger partial charge in [-0.05, 0) is 19.1 Å². The molecule has 0 atom stereocenters. The van der Waals surface area contributed by atoms with Crippen molar-refractivity contribution in [2.24, 2.45) is 0 Å². The number of hydrogen-bond donors (Lipinski definition) is 0. The molecule has 6 nitrogen and oxygen atoms in total. The van der Waals surface area contributed by atoms with Crippen LogP contribution in [0.25, 0.3) is 0 Å². The summed E-state index contributed by atoms with van der Waals surface area (Å²) in [6, 6.07) is 5.29. The normalized spacial score (nSPS) is 13.0. The van der Waals surface area contributed by atoms with Crippen LogP contribution in [0.4, 0.5) is 0 Å². The molecule has 110 valence electrons. The van der Waals surface area contributed by atoms with Crippen LogP contribution in [0.2, 0.25) is 0 Å². The summed E-state index contributed by atoms with van der Waals surface area (Å²) in [4.78, 5) is 12.9. The van der Waals surface area contributed by atoms with Crippen LogP contribution in [0.15, 0.2) is 24.4 Å². The molecule has 1 aromatic heterocycles. The molecule has 0 aliphatic carbocycles. The van der Waals surface area contributed by atoms with Crippen LogP contribution < -0.4 is 14.2 Å². The Hall–Kier alpha value is -2.50. The summed E-state index contributed by atoms with van der Waals surface area (Å²) in [5.41, 5.74) is 0.878. The summed E-state index contributed by atoms with van der Waals surface area (Å²) >= 11 is 0. The van der Waals surface area contributed by atoms with Crippen LogP contribution in [0.3, 0.4) is 0 Å². The summed E-state index contributed by atoms with van der Waals surface area (Å²) in [5.74, 6) is 1.35. The second kappa shape index (κ2) is 5.47. The summed E-state index contributed by atoms with van der Waals surface area (Å²) in [6.07, 6.45) is 1.55. The number of carbonyl (C=O) groups is 1. The van der Waals surface area contributed by atoms with E-state index in [1.165, 1.54) is 7.11 Å². The summed E-state index contributed by atoms with van der Waals surface area (Å²) in [6.45, 7) is 3.42. The average Bonchev–Trinajstić information content (AvgIpc) is 2.96. The predicted octanol–water partition coefficient (Wildman–Crippen LogP) is 1.91. The maximum absolute atomic E-state index is 12.9. The van der Waals surface area contributed by atoms with Crippen LogP contribution in [-0.2, 0) is 6.54 Å². The number of nitrogens with zero attached hydrogens (tertiary/aromatic N) is 2. The van der Waals surface area contributed by atoms with E-state index < -0.39 is 0 Å². The minimum atomic E-state index is -0.187. The van der Waals surface area contributed by atoms with Gasteiger partial charge in [0.1, 0.15) is 13.2 Å². The molecule has 2 aromatic rings. The van der Waals surface area contributed by atoms with E-state index in [0.29, 0.717) is 48.3 Å². The Bertz CT molecular complexity index is 657. The van der Waals surface area contributed by atoms with E-state index in [4.69, 9.17) is 14.2 Å². The lowest BCUT2D eigenvalue weighted by Gasteiger charge is -2.20. The Morgan fingerprint density at radius 3 is 2.95 bits per heavy atom. The lowest BCUT2D eigenvalue weighted by molar-refractivity contribution is 0.101. The largest absolute Gasteiger partial charge is 0.493 e. The molecule has 6 heteroatoms. The molecule has 0 bridgehead atoms. The number of rotatable bonds is 4. The van der Waals surface area contributed by atoms with Crippen molar-refractivity contribution in [2.45, 2.75) is 13.5 Å². The number of ether oxygens (including phenoxy) is 3. The Labute approximate surface area is 122 Å². The van der Waals surface area contributed by atoms with Gasteiger partial charge in [0.25, 0.3) is 0 Å². The minimum absolute atomic E-state index is 0.187. The first-order valence-corrected chi connectivity index (χ1v) is 6.79. The third-order valence-electron chi connectivity index (χ3n) is 3.35. The molecule has 0 spiro atoms. The van der Waals surface area contributed by atoms with E-state index in [2.05, 4.69) is 5.10 Å². The number of para-hydroxylation sites is 1. The fourth-order valence-corrected chi connectivity index (χ4v) is 2.37. The maximum Gasteiger partial charge on any atom is 0.218 e. The van der Waals surface area contributed by atoms with E-state index >= 15 is 0 Å². The van der Waals surface area contributed by atoms with Gasteiger partial charge in [-0.15, -0.1) is 0 Å². The van der Waals surface area contributed by atoms with Crippen molar-refractivity contribution in [1.29, 1.82) is 0 Å². The van der Waals surface area contributed by atoms with E-state index in [1.807, 2.05) is 6.92 Å². The third-order valence-corrected chi connectivity index (χ3v) is 3.35. The molecule has 0 saturated heterocycles. The van der Waals surface area contributed by atoms with E-state index in [-0.39, 0.29) is 5.78 Å². The Kier molecular flexibility index (Phi) is 3.51. The number of carbonyl (C=O) groups excluding carboxylic acids is 1. The predicted molar refractivity (Wildman–Crippen MR) is 75.3 cm³/mol. The van der Waals surface area contributed by atoms with Crippen molar-refractivity contribution >= 4 is 5.78 Å². The van der Waals surface area contributed by atoms with Crippen LogP contribution in [0.1, 0.15) is 23.0 Å². The smallest absolute Gasteiger partial charge is 0.218 e. The standard InChI is InChI=1S/C15H16N2O4/c1-3-17-13(12(19-2)9-16-17)14(18)10-5-4-6-11-15(10)21-8-7-20-11/h4-6,9H,3,7-8H2,1-2H3. The number of benzene rings is 1. The molecule has 1 aliphatic rings. The molecule has 0 saturated carbocycles. The third kappa shape index (κ3) is 2.22. The summed E-state index contributed by atoms with van der Waals surface area (Å²) in [5, 5.41) is 4.16. The highest BCUT2D eigenvalue weighted by Gasteiger charge is 2.26. The molecule has 21 heavy (non-hydrogen) atoms. The van der Waals surface area contributed by atoms with Gasteiger partial charge in [0.15, 0.2) is 22.9 Å². The van der Waals surface area contributed by atoms with Gasteiger partial charge in [0.05, 0.1) is 18.9 Å². The van der Waals surface area contributed by atoms with Crippen molar-refractivity contribution < 1.29 is 19.0 Å². The number of fused-ring (bicyclic) bond motifs is 1. The molecule has 0 amide bonds. The highest BCUT2D eigenvalue weighted by molar-refractivity contribution is 6.11. The van der Waals surface area contributed by atoms with Gasteiger partial charge in [-0.2, -0.15) is 5.10 Å². The average molecular weight is 288 g/mol. The summed E-state index contributed by atoms with van der Waals surface area (Å²) in [7, 11) is 1.52. The number of ketones is 1. The zero-order valence-electron chi connectivity index (χ0n) is 12.0. The highest BCUT2D eigenvalue weighted by Crippen LogP contribution is 2.35. The first-order chi connectivity index (χ1) is 10.3. The van der Waals surface area contributed by atoms with Gasteiger partial charge in [0, 0.05) is 6.54 Å². The molecule has 0 unspecified atom stereocenters. The molecule has 2 heterocycles. The minimum Gasteiger partial charge on any atom is -0.493 e. The zero-order valence-corrected chi connectivity index (χ0v) is 12.0. The monoisotopic (exact) mass is 288 g/mol. The van der Waals surface area contributed by atoms with Crippen molar-refractivity contribution in [3.05, 3.63) is 35.7 Å². The second-order valence-electron chi connectivity index (χ2n) is 4.54. The first kappa shape index (κ1) is 13.5. The van der Waals surface area contributed by atoms with Crippen molar-refractivity contribution in [2.75, 3.05) is 20.3 Å². The molecule has 0 radical (unpaired) electrons. The number of methoxy groups -OCH3 is 1. The first-order valence-electron chi connectivity index (χ1n) is 6.79. The lowest BCUT2D eigenvalue weighted by atomic mass is 10.1. The van der Waals surface area contributed by atoms with E-state index in [0.717, 1.165) is 0 Å². The number of hydrogen-bond acceptors (Lipinski definition) is 5. The molecular formula is C15H16N2O4. The van der Waals surface area contributed by atoms with Gasteiger partial charge in [-0.25, -0.2) is 0 Å². The van der Waals surface area contributed by atoms with E-state index in [1.54, 1.807) is 29.1 Å². The van der Waals surface area contributed by atoms with Crippen LogP contribution in [0.5, 0.6) is 17.2 Å². The lowest BCUT2D eigenvalue weighted by Crippen LogP contribution is -2.19. The van der Waals surface area contributed by atoms with Crippen molar-refractivity contribution in [1.82, 2.24) is 9.78 Å². The Morgan fingerprint density at radius 1 is 1.38 bits per heavy atom. The SMILES string of the molecule is CCn1ncc(OC)c1C(=O)c1cccc2c1OCCO2. The molecule has 3 rings (SSSR count). The molecule has 1 aromatic carbocycles. The second-order valence-corrected chi connectivity index (χ2v) is 4.54. The Balaban J connectivity index is 2.09. The fourth-order valence-electron chi connectivity index (χ4n) is 2.37. The maximum atomic E-state index is 12.9. The topological polar surface area (TPSA) is 62.6 Å². The van der Waals surface area contributed by atoms with Gasteiger partial charge < -0.3 is 14.2 Å². The quantitative estimate of drug-likeness (QED) is 0.804. The van der Waals surface area contributed by atoms with Gasteiger partial charge >= 0.3 is 0 Å². The number of aromatic nitrogens is 2. The van der Waals surface area contributed by atoms with E-state index in [9.17, 15) is 4.79 Å². The Morgan fingerprint density at radius 2 is 2.19 bits per heavy atom. The highest BCUT2D eigenvalue weighted by atomic mass is 16.6. The van der Waals surface area contributed by atoms with Crippen LogP contribution in [0, 0.1) is 0 Å². The molecule has 1 aliphatic heterocycles. The van der Waals surface area contributed by atoms with Gasteiger partial charge in [0.2, 0.25) is 5.78 Å². The summed E-state index contributed by atoms with van der Waals surface area (Å²) < 4.78 is 18.0. The van der Waals surface area contributed by atoms with Crippen LogP contribution in [-0.4, -0.2) is 35.9 Å². The van der Waals surface area contributed by atoms with Crippen molar-refractivity contribution in [3.63, 3.8) is 0 Å². The molecular weight excluding hydrogens is 272 g/mol. The molecule has 0 fully saturated rings. The number of aryl methyl sites for hydroxylation is 1. The van der Waals surface area contributed by atoms with Gasteiger partial charge in [-0.1, -0.05) is 6.07 Å². The van der Waals surface area contributed by atoms with Crippen LogP contribution >= 0.6 is 0 Å². The van der Waals surface area contributed by atoms with Gasteiger partial charge in [-0.3, -0.25) is 9.48 Å². The van der Waals surface area contributed by atoms with Crippen molar-refractivity contribution in [3.8, 4) is 17.2 Å². The molecule has 0 N–H and O–H groups in total.